The van der Waals surface area contributed by atoms with E-state index >= 15 is 0 Å². The smallest absolute Gasteiger partial charge is 0.269 e. The maximum absolute atomic E-state index is 12.2. The Morgan fingerprint density at radius 1 is 1.38 bits per heavy atom. The molecule has 0 bridgehead atoms. The lowest BCUT2D eigenvalue weighted by Crippen LogP contribution is -2.26. The fraction of sp³-hybridized carbons (Fsp3) is 0.400. The third-order valence-electron chi connectivity index (χ3n) is 3.33. The molecule has 0 amide bonds. The molecule has 2 rings (SSSR count). The van der Waals surface area contributed by atoms with Crippen molar-refractivity contribution in [2.24, 2.45) is 0 Å². The van der Waals surface area contributed by atoms with Crippen molar-refractivity contribution in [2.45, 2.75) is 20.4 Å². The van der Waals surface area contributed by atoms with E-state index in [0.29, 0.717) is 6.54 Å². The minimum Gasteiger partial charge on any atom is -0.373 e. The lowest BCUT2D eigenvalue weighted by Gasteiger charge is -2.16. The Balaban J connectivity index is 2.26. The highest BCUT2D eigenvalue weighted by molar-refractivity contribution is 5.44. The summed E-state index contributed by atoms with van der Waals surface area (Å²) in [6.45, 7) is 6.07. The molecule has 112 valence electrons. The first-order valence-corrected chi connectivity index (χ1v) is 7.11. The second-order valence-corrected chi connectivity index (χ2v) is 4.77. The average molecular weight is 287 g/mol. The van der Waals surface area contributed by atoms with E-state index in [0.717, 1.165) is 30.2 Å². The van der Waals surface area contributed by atoms with Gasteiger partial charge in [0.25, 0.3) is 5.56 Å². The summed E-state index contributed by atoms with van der Waals surface area (Å²) in [5, 5.41) is 7.44. The Kier molecular flexibility index (Phi) is 4.92. The number of rotatable bonds is 6. The molecule has 1 N–H and O–H groups in total. The van der Waals surface area contributed by atoms with Crippen molar-refractivity contribution in [3.05, 3.63) is 46.5 Å². The molecule has 0 aromatic carbocycles. The SMILES string of the molecule is CCNc1ncccc1Cn1ncc(N(C)CC)cc1=O. The van der Waals surface area contributed by atoms with Gasteiger partial charge in [-0.1, -0.05) is 6.07 Å². The predicted octanol–water partition coefficient (Wildman–Crippen LogP) is 1.57. The van der Waals surface area contributed by atoms with Gasteiger partial charge in [0, 0.05) is 38.0 Å². The van der Waals surface area contributed by atoms with Crippen molar-refractivity contribution < 1.29 is 0 Å². The molecule has 0 saturated carbocycles. The van der Waals surface area contributed by atoms with Crippen molar-refractivity contribution in [3.8, 4) is 0 Å². The van der Waals surface area contributed by atoms with Gasteiger partial charge in [-0.15, -0.1) is 0 Å². The summed E-state index contributed by atoms with van der Waals surface area (Å²) in [5.74, 6) is 0.795. The third kappa shape index (κ3) is 3.59. The average Bonchev–Trinajstić information content (AvgIpc) is 2.50. The molecule has 6 heteroatoms. The second kappa shape index (κ2) is 6.88. The molecular weight excluding hydrogens is 266 g/mol. The van der Waals surface area contributed by atoms with Crippen molar-refractivity contribution in [2.75, 3.05) is 30.4 Å². The first-order chi connectivity index (χ1) is 10.2. The van der Waals surface area contributed by atoms with Crippen LogP contribution >= 0.6 is 0 Å². The van der Waals surface area contributed by atoms with Gasteiger partial charge >= 0.3 is 0 Å². The van der Waals surface area contributed by atoms with Gasteiger partial charge in [0.15, 0.2) is 0 Å². The van der Waals surface area contributed by atoms with Crippen LogP contribution in [0.1, 0.15) is 19.4 Å². The molecule has 2 aromatic rings. The van der Waals surface area contributed by atoms with E-state index in [4.69, 9.17) is 0 Å². The van der Waals surface area contributed by atoms with Crippen molar-refractivity contribution in [1.29, 1.82) is 0 Å². The summed E-state index contributed by atoms with van der Waals surface area (Å²) >= 11 is 0. The zero-order valence-corrected chi connectivity index (χ0v) is 12.7. The van der Waals surface area contributed by atoms with E-state index in [-0.39, 0.29) is 5.56 Å². The van der Waals surface area contributed by atoms with E-state index in [9.17, 15) is 4.79 Å². The van der Waals surface area contributed by atoms with E-state index in [1.54, 1.807) is 18.5 Å². The molecule has 2 heterocycles. The maximum Gasteiger partial charge on any atom is 0.269 e. The van der Waals surface area contributed by atoms with Crippen molar-refractivity contribution in [3.63, 3.8) is 0 Å². The molecular formula is C15H21N5O. The third-order valence-corrected chi connectivity index (χ3v) is 3.33. The highest BCUT2D eigenvalue weighted by atomic mass is 16.1. The largest absolute Gasteiger partial charge is 0.373 e. The normalized spacial score (nSPS) is 10.4. The first-order valence-electron chi connectivity index (χ1n) is 7.11. The monoisotopic (exact) mass is 287 g/mol. The molecule has 0 saturated heterocycles. The van der Waals surface area contributed by atoms with Crippen LogP contribution in [0.25, 0.3) is 0 Å². The standard InChI is InChI=1S/C15H21N5O/c1-4-16-15-12(7-6-8-17-15)11-20-14(21)9-13(10-18-20)19(3)5-2/h6-10H,4-5,11H2,1-3H3,(H,16,17). The highest BCUT2D eigenvalue weighted by Gasteiger charge is 2.07. The van der Waals surface area contributed by atoms with Crippen LogP contribution in [0.2, 0.25) is 0 Å². The minimum atomic E-state index is -0.112. The van der Waals surface area contributed by atoms with E-state index < -0.39 is 0 Å². The Bertz CT molecular complexity index is 653. The van der Waals surface area contributed by atoms with Crippen LogP contribution < -0.4 is 15.8 Å². The number of hydrogen-bond acceptors (Lipinski definition) is 5. The fourth-order valence-corrected chi connectivity index (χ4v) is 1.99. The lowest BCUT2D eigenvalue weighted by atomic mass is 10.2. The summed E-state index contributed by atoms with van der Waals surface area (Å²) in [5.41, 5.74) is 1.67. The quantitative estimate of drug-likeness (QED) is 0.874. The maximum atomic E-state index is 12.2. The predicted molar refractivity (Wildman–Crippen MR) is 84.9 cm³/mol. The molecule has 0 aliphatic heterocycles. The van der Waals surface area contributed by atoms with Gasteiger partial charge in [-0.25, -0.2) is 9.67 Å². The Hall–Kier alpha value is -2.37. The zero-order valence-electron chi connectivity index (χ0n) is 12.7. The number of nitrogens with one attached hydrogen (secondary N) is 1. The summed E-state index contributed by atoms with van der Waals surface area (Å²) in [7, 11) is 1.94. The molecule has 0 radical (unpaired) electrons. The van der Waals surface area contributed by atoms with Crippen LogP contribution in [0.3, 0.4) is 0 Å². The van der Waals surface area contributed by atoms with Crippen LogP contribution in [0.15, 0.2) is 35.4 Å². The first kappa shape index (κ1) is 15.0. The highest BCUT2D eigenvalue weighted by Crippen LogP contribution is 2.12. The number of anilines is 2. The van der Waals surface area contributed by atoms with Crippen LogP contribution in [0, 0.1) is 0 Å². The van der Waals surface area contributed by atoms with Gasteiger partial charge in [-0.3, -0.25) is 4.79 Å². The summed E-state index contributed by atoms with van der Waals surface area (Å²) in [6, 6.07) is 5.42. The molecule has 0 aliphatic rings. The molecule has 6 nitrogen and oxygen atoms in total. The Labute approximate surface area is 124 Å². The molecule has 0 atom stereocenters. The topological polar surface area (TPSA) is 63.1 Å². The molecule has 2 aromatic heterocycles. The van der Waals surface area contributed by atoms with E-state index in [1.165, 1.54) is 4.68 Å². The Morgan fingerprint density at radius 3 is 2.86 bits per heavy atom. The van der Waals surface area contributed by atoms with Crippen LogP contribution in [-0.2, 0) is 6.54 Å². The number of hydrogen-bond donors (Lipinski definition) is 1. The second-order valence-electron chi connectivity index (χ2n) is 4.77. The van der Waals surface area contributed by atoms with Crippen molar-refractivity contribution in [1.82, 2.24) is 14.8 Å². The minimum absolute atomic E-state index is 0.112. The number of aromatic nitrogens is 3. The molecule has 0 aliphatic carbocycles. The Morgan fingerprint density at radius 2 is 2.19 bits per heavy atom. The molecule has 0 spiro atoms. The number of nitrogens with zero attached hydrogens (tertiary/aromatic N) is 4. The van der Waals surface area contributed by atoms with Gasteiger partial charge in [-0.05, 0) is 19.9 Å². The van der Waals surface area contributed by atoms with E-state index in [2.05, 4.69) is 15.4 Å². The lowest BCUT2D eigenvalue weighted by molar-refractivity contribution is 0.637. The summed E-state index contributed by atoms with van der Waals surface area (Å²) in [4.78, 5) is 18.4. The van der Waals surface area contributed by atoms with Crippen molar-refractivity contribution >= 4 is 11.5 Å². The summed E-state index contributed by atoms with van der Waals surface area (Å²) in [6.07, 6.45) is 3.45. The van der Waals surface area contributed by atoms with Gasteiger partial charge in [0.1, 0.15) is 5.82 Å². The zero-order chi connectivity index (χ0) is 15.2. The van der Waals surface area contributed by atoms with Gasteiger partial charge in [0.05, 0.1) is 18.4 Å². The van der Waals surface area contributed by atoms with Crippen LogP contribution in [-0.4, -0.2) is 34.9 Å². The van der Waals surface area contributed by atoms with Gasteiger partial charge < -0.3 is 10.2 Å². The molecule has 0 fully saturated rings. The van der Waals surface area contributed by atoms with Crippen LogP contribution in [0.4, 0.5) is 11.5 Å². The van der Waals surface area contributed by atoms with Gasteiger partial charge in [0.2, 0.25) is 0 Å². The fourth-order valence-electron chi connectivity index (χ4n) is 1.99. The summed E-state index contributed by atoms with van der Waals surface area (Å²) < 4.78 is 1.45. The van der Waals surface area contributed by atoms with Gasteiger partial charge in [-0.2, -0.15) is 5.10 Å². The number of pyridine rings is 1. The molecule has 21 heavy (non-hydrogen) atoms. The molecule has 0 unspecified atom stereocenters. The van der Waals surface area contributed by atoms with Crippen LogP contribution in [0.5, 0.6) is 0 Å². The van der Waals surface area contributed by atoms with E-state index in [1.807, 2.05) is 37.9 Å².